The Morgan fingerprint density at radius 1 is 1.00 bits per heavy atom. The van der Waals surface area contributed by atoms with Gasteiger partial charge in [0, 0.05) is 51.5 Å². The molecule has 2 aromatic rings. The van der Waals surface area contributed by atoms with E-state index in [2.05, 4.69) is 51.2 Å². The summed E-state index contributed by atoms with van der Waals surface area (Å²) in [6.45, 7) is 5.55. The minimum absolute atomic E-state index is 0. The Morgan fingerprint density at radius 3 is 2.29 bits per heavy atom. The molecule has 1 amide bonds. The van der Waals surface area contributed by atoms with Crippen LogP contribution < -0.4 is 0 Å². The first-order chi connectivity index (χ1) is 13.6. The highest BCUT2D eigenvalue weighted by molar-refractivity contribution is 5.86. The van der Waals surface area contributed by atoms with Gasteiger partial charge in [0.05, 0.1) is 6.54 Å². The van der Waals surface area contributed by atoms with Crippen molar-refractivity contribution in [3.8, 4) is 0 Å². The number of piperidine rings is 1. The van der Waals surface area contributed by atoms with Crippen LogP contribution >= 0.6 is 37.2 Å². The summed E-state index contributed by atoms with van der Waals surface area (Å²) in [6.07, 6.45) is 5.97. The average Bonchev–Trinajstić information content (AvgIpc) is 2.70. The molecule has 0 aliphatic carbocycles. The molecule has 2 aliphatic heterocycles. The third-order valence-electron chi connectivity index (χ3n) is 6.34. The quantitative estimate of drug-likeness (QED) is 0.658. The number of amides is 1. The van der Waals surface area contributed by atoms with Crippen molar-refractivity contribution in [3.63, 3.8) is 0 Å². The van der Waals surface area contributed by atoms with Gasteiger partial charge in [0.2, 0.25) is 5.91 Å². The van der Waals surface area contributed by atoms with Crippen LogP contribution in [0.5, 0.6) is 0 Å². The number of nitrogens with zero attached hydrogens (tertiary/aromatic N) is 4. The van der Waals surface area contributed by atoms with Crippen molar-refractivity contribution in [1.82, 2.24) is 19.7 Å². The molecule has 0 bridgehead atoms. The number of pyridine rings is 1. The third kappa shape index (κ3) is 6.33. The molecule has 0 N–H and O–H groups in total. The molecule has 1 aromatic carbocycles. The second-order valence-corrected chi connectivity index (χ2v) is 8.50. The first-order valence-electron chi connectivity index (χ1n) is 10.2. The number of carbonyl (C=O) groups excluding carboxylic acids is 1. The van der Waals surface area contributed by atoms with E-state index in [-0.39, 0.29) is 48.5 Å². The molecule has 1 spiro atoms. The molecular formula is C23H33Cl3N4O. The number of fused-ring (bicyclic) bond motifs is 2. The Labute approximate surface area is 204 Å². The lowest BCUT2D eigenvalue weighted by molar-refractivity contribution is -0.130. The molecular weight excluding hydrogens is 455 g/mol. The van der Waals surface area contributed by atoms with Crippen LogP contribution in [-0.4, -0.2) is 65.9 Å². The molecule has 0 radical (unpaired) electrons. The van der Waals surface area contributed by atoms with E-state index in [1.165, 1.54) is 16.7 Å². The Balaban J connectivity index is 0.00000160. The van der Waals surface area contributed by atoms with E-state index < -0.39 is 0 Å². The van der Waals surface area contributed by atoms with Gasteiger partial charge in [-0.2, -0.15) is 0 Å². The van der Waals surface area contributed by atoms with Crippen molar-refractivity contribution in [2.45, 2.75) is 31.3 Å². The highest BCUT2D eigenvalue weighted by atomic mass is 35.5. The van der Waals surface area contributed by atoms with Crippen LogP contribution in [-0.2, 0) is 23.3 Å². The van der Waals surface area contributed by atoms with Crippen LogP contribution in [0.15, 0.2) is 48.8 Å². The first kappa shape index (κ1) is 27.7. The summed E-state index contributed by atoms with van der Waals surface area (Å²) in [4.78, 5) is 22.8. The highest BCUT2D eigenvalue weighted by Crippen LogP contribution is 2.42. The van der Waals surface area contributed by atoms with Gasteiger partial charge in [0.1, 0.15) is 0 Å². The van der Waals surface area contributed by atoms with E-state index in [0.717, 1.165) is 45.6 Å². The summed E-state index contributed by atoms with van der Waals surface area (Å²) in [5.41, 5.74) is 4.50. The van der Waals surface area contributed by atoms with Gasteiger partial charge in [-0.1, -0.05) is 24.3 Å². The van der Waals surface area contributed by atoms with Gasteiger partial charge in [0.15, 0.2) is 0 Å². The van der Waals surface area contributed by atoms with Gasteiger partial charge in [-0.25, -0.2) is 0 Å². The smallest absolute Gasteiger partial charge is 0.236 e. The number of carbonyl (C=O) groups is 1. The van der Waals surface area contributed by atoms with Crippen molar-refractivity contribution in [3.05, 3.63) is 65.5 Å². The number of likely N-dealkylation sites (tertiary alicyclic amines) is 1. The van der Waals surface area contributed by atoms with Crippen molar-refractivity contribution >= 4 is 43.1 Å². The third-order valence-corrected chi connectivity index (χ3v) is 6.34. The van der Waals surface area contributed by atoms with Crippen LogP contribution in [0.25, 0.3) is 0 Å². The zero-order valence-corrected chi connectivity index (χ0v) is 20.6. The summed E-state index contributed by atoms with van der Waals surface area (Å²) in [7, 11) is 3.67. The maximum Gasteiger partial charge on any atom is 0.236 e. The zero-order valence-electron chi connectivity index (χ0n) is 18.2. The minimum Gasteiger partial charge on any atom is -0.348 e. The maximum atomic E-state index is 12.1. The number of aromatic nitrogens is 1. The van der Waals surface area contributed by atoms with Gasteiger partial charge < -0.3 is 4.90 Å². The molecule has 172 valence electrons. The van der Waals surface area contributed by atoms with Crippen molar-refractivity contribution in [2.24, 2.45) is 0 Å². The molecule has 31 heavy (non-hydrogen) atoms. The first-order valence-corrected chi connectivity index (χ1v) is 10.2. The molecule has 4 rings (SSSR count). The lowest BCUT2D eigenvalue weighted by Gasteiger charge is -2.48. The predicted molar refractivity (Wildman–Crippen MR) is 133 cm³/mol. The van der Waals surface area contributed by atoms with Gasteiger partial charge >= 0.3 is 0 Å². The number of rotatable bonds is 4. The minimum atomic E-state index is 0. The fourth-order valence-corrected chi connectivity index (χ4v) is 4.74. The number of benzene rings is 1. The average molecular weight is 488 g/mol. The van der Waals surface area contributed by atoms with Gasteiger partial charge in [-0.3, -0.25) is 19.6 Å². The van der Waals surface area contributed by atoms with Gasteiger partial charge in [-0.05, 0) is 54.8 Å². The van der Waals surface area contributed by atoms with E-state index in [1.807, 2.05) is 26.5 Å². The number of likely N-dealkylation sites (N-methyl/N-ethyl adjacent to an activating group) is 1. The van der Waals surface area contributed by atoms with E-state index in [9.17, 15) is 4.79 Å². The Hall–Kier alpha value is -1.37. The fraction of sp³-hybridized carbons (Fsp3) is 0.478. The fourth-order valence-electron chi connectivity index (χ4n) is 4.74. The summed E-state index contributed by atoms with van der Waals surface area (Å²) >= 11 is 0. The molecule has 1 saturated heterocycles. The normalized spacial score (nSPS) is 17.5. The molecule has 0 saturated carbocycles. The molecule has 2 aliphatic rings. The topological polar surface area (TPSA) is 39.7 Å². The van der Waals surface area contributed by atoms with Crippen molar-refractivity contribution in [2.75, 3.05) is 40.3 Å². The second-order valence-electron chi connectivity index (χ2n) is 8.50. The second kappa shape index (κ2) is 12.0. The Bertz CT molecular complexity index is 827. The Morgan fingerprint density at radius 2 is 1.65 bits per heavy atom. The lowest BCUT2D eigenvalue weighted by Crippen LogP contribution is -2.52. The van der Waals surface area contributed by atoms with Gasteiger partial charge in [0.25, 0.3) is 0 Å². The number of halogens is 3. The largest absolute Gasteiger partial charge is 0.348 e. The SMILES string of the molecule is CN(C)C(=O)CN1CCC2(CC1)CN(Cc1ccncc1)Cc1ccccc12.Cl.Cl.Cl. The van der Waals surface area contributed by atoms with E-state index in [4.69, 9.17) is 0 Å². The molecule has 0 atom stereocenters. The van der Waals surface area contributed by atoms with E-state index in [0.29, 0.717) is 6.54 Å². The molecule has 0 unspecified atom stereocenters. The van der Waals surface area contributed by atoms with Crippen LogP contribution in [0.3, 0.4) is 0 Å². The van der Waals surface area contributed by atoms with Crippen LogP contribution in [0.2, 0.25) is 0 Å². The lowest BCUT2D eigenvalue weighted by atomic mass is 9.68. The molecule has 5 nitrogen and oxygen atoms in total. The van der Waals surface area contributed by atoms with Crippen LogP contribution in [0.4, 0.5) is 0 Å². The van der Waals surface area contributed by atoms with Crippen LogP contribution in [0.1, 0.15) is 29.5 Å². The molecule has 1 fully saturated rings. The molecule has 8 heteroatoms. The van der Waals surface area contributed by atoms with Crippen molar-refractivity contribution in [1.29, 1.82) is 0 Å². The predicted octanol–water partition coefficient (Wildman–Crippen LogP) is 3.78. The van der Waals surface area contributed by atoms with E-state index in [1.54, 1.807) is 4.90 Å². The van der Waals surface area contributed by atoms with Crippen LogP contribution in [0, 0.1) is 0 Å². The maximum absolute atomic E-state index is 12.1. The monoisotopic (exact) mass is 486 g/mol. The molecule has 1 aromatic heterocycles. The van der Waals surface area contributed by atoms with Crippen molar-refractivity contribution < 1.29 is 4.79 Å². The van der Waals surface area contributed by atoms with E-state index >= 15 is 0 Å². The molecule has 3 heterocycles. The standard InChI is InChI=1S/C23H30N4O.3ClH/c1-25(2)22(28)17-26-13-9-23(10-14-26)18-27(15-19-7-11-24-12-8-19)16-20-5-3-4-6-21(20)23;;;/h3-8,11-12H,9-10,13-18H2,1-2H3;3*1H. The summed E-state index contributed by atoms with van der Waals surface area (Å²) in [5, 5.41) is 0. The highest BCUT2D eigenvalue weighted by Gasteiger charge is 2.41. The Kier molecular flexibility index (Phi) is 10.7. The summed E-state index contributed by atoms with van der Waals surface area (Å²) in [5.74, 6) is 0.194. The summed E-state index contributed by atoms with van der Waals surface area (Å²) in [6, 6.07) is 13.2. The van der Waals surface area contributed by atoms with Gasteiger partial charge in [-0.15, -0.1) is 37.2 Å². The number of hydrogen-bond acceptors (Lipinski definition) is 4. The number of hydrogen-bond donors (Lipinski definition) is 0. The summed E-state index contributed by atoms with van der Waals surface area (Å²) < 4.78 is 0. The zero-order chi connectivity index (χ0) is 19.6.